The van der Waals surface area contributed by atoms with Crippen molar-refractivity contribution in [2.45, 2.75) is 25.6 Å². The number of halogens is 2. The smallest absolute Gasteiger partial charge is 0.247 e. The highest BCUT2D eigenvalue weighted by Crippen LogP contribution is 2.30. The molecule has 0 amide bonds. The summed E-state index contributed by atoms with van der Waals surface area (Å²) in [6.45, 7) is 2.84. The quantitative estimate of drug-likeness (QED) is 0.574. The van der Waals surface area contributed by atoms with Crippen LogP contribution in [0.25, 0.3) is 11.5 Å². The fourth-order valence-corrected chi connectivity index (χ4v) is 2.10. The maximum atomic E-state index is 5.66. The molecule has 2 aromatic rings. The van der Waals surface area contributed by atoms with E-state index in [0.717, 1.165) is 28.6 Å². The fraction of sp³-hybridized carbons (Fsp3) is 0.385. The number of rotatable bonds is 6. The third-order valence-electron chi connectivity index (χ3n) is 2.52. The molecule has 6 heteroatoms. The minimum Gasteiger partial charge on any atom is -0.492 e. The molecule has 1 aromatic carbocycles. The molecule has 0 spiro atoms. The van der Waals surface area contributed by atoms with Gasteiger partial charge in [-0.2, -0.15) is 0 Å². The van der Waals surface area contributed by atoms with E-state index in [4.69, 9.17) is 20.8 Å². The molecule has 2 rings (SSSR count). The molecule has 0 aliphatic heterocycles. The van der Waals surface area contributed by atoms with E-state index in [1.54, 1.807) is 0 Å². The summed E-state index contributed by atoms with van der Waals surface area (Å²) in [5.41, 5.74) is 0.832. The van der Waals surface area contributed by atoms with Gasteiger partial charge in [0.15, 0.2) is 0 Å². The molecule has 0 unspecified atom stereocenters. The first-order valence-electron chi connectivity index (χ1n) is 6.05. The monoisotopic (exact) mass is 344 g/mol. The molecule has 4 nitrogen and oxygen atoms in total. The van der Waals surface area contributed by atoms with Gasteiger partial charge in [0.05, 0.1) is 11.1 Å². The van der Waals surface area contributed by atoms with Crippen LogP contribution in [0.1, 0.15) is 25.7 Å². The van der Waals surface area contributed by atoms with Gasteiger partial charge in [0.2, 0.25) is 11.8 Å². The largest absolute Gasteiger partial charge is 0.492 e. The highest BCUT2D eigenvalue weighted by Gasteiger charge is 2.10. The predicted molar refractivity (Wildman–Crippen MR) is 77.4 cm³/mol. The van der Waals surface area contributed by atoms with Crippen molar-refractivity contribution in [3.63, 3.8) is 0 Å². The van der Waals surface area contributed by atoms with Crippen molar-refractivity contribution >= 4 is 27.5 Å². The molecule has 0 N–H and O–H groups in total. The average Bonchev–Trinajstić information content (AvgIpc) is 2.89. The maximum Gasteiger partial charge on any atom is 0.247 e. The van der Waals surface area contributed by atoms with Gasteiger partial charge in [-0.15, -0.1) is 21.8 Å². The summed E-state index contributed by atoms with van der Waals surface area (Å²) in [4.78, 5) is 0. The van der Waals surface area contributed by atoms with Gasteiger partial charge in [-0.1, -0.05) is 13.3 Å². The van der Waals surface area contributed by atoms with E-state index in [1.165, 1.54) is 0 Å². The lowest BCUT2D eigenvalue weighted by Gasteiger charge is -2.08. The predicted octanol–water partition coefficient (Wildman–Crippen LogP) is 4.42. The van der Waals surface area contributed by atoms with Crippen molar-refractivity contribution in [2.75, 3.05) is 6.61 Å². The Morgan fingerprint density at radius 3 is 2.84 bits per heavy atom. The van der Waals surface area contributed by atoms with Crippen molar-refractivity contribution in [3.8, 4) is 17.2 Å². The van der Waals surface area contributed by atoms with Crippen LogP contribution in [-0.2, 0) is 5.88 Å². The standard InChI is InChI=1S/C13H14BrClN2O2/c1-2-3-6-18-11-5-4-9(7-10(11)14)13-17-16-12(8-15)19-13/h4-5,7H,2-3,6,8H2,1H3. The number of alkyl halides is 1. The van der Waals surface area contributed by atoms with Gasteiger partial charge in [-0.25, -0.2) is 0 Å². The lowest BCUT2D eigenvalue weighted by molar-refractivity contribution is 0.307. The van der Waals surface area contributed by atoms with E-state index >= 15 is 0 Å². The Kier molecular flexibility index (Phi) is 5.22. The van der Waals surface area contributed by atoms with Crippen LogP contribution < -0.4 is 4.74 Å². The Morgan fingerprint density at radius 1 is 1.37 bits per heavy atom. The number of hydrogen-bond donors (Lipinski definition) is 0. The summed E-state index contributed by atoms with van der Waals surface area (Å²) in [6.07, 6.45) is 2.15. The molecule has 1 heterocycles. The molecule has 0 saturated heterocycles. The van der Waals surface area contributed by atoms with E-state index in [9.17, 15) is 0 Å². The summed E-state index contributed by atoms with van der Waals surface area (Å²) >= 11 is 9.11. The molecule has 0 aliphatic rings. The minimum absolute atomic E-state index is 0.215. The first-order valence-corrected chi connectivity index (χ1v) is 7.38. The first kappa shape index (κ1) is 14.3. The number of ether oxygens (including phenoxy) is 1. The topological polar surface area (TPSA) is 48.2 Å². The second-order valence-electron chi connectivity index (χ2n) is 3.98. The summed E-state index contributed by atoms with van der Waals surface area (Å²) in [7, 11) is 0. The molecule has 19 heavy (non-hydrogen) atoms. The molecule has 1 aromatic heterocycles. The zero-order chi connectivity index (χ0) is 13.7. The molecule has 102 valence electrons. The Bertz CT molecular complexity index is 545. The highest BCUT2D eigenvalue weighted by molar-refractivity contribution is 9.10. The van der Waals surface area contributed by atoms with Crippen molar-refractivity contribution in [3.05, 3.63) is 28.6 Å². The molecule has 0 saturated carbocycles. The van der Waals surface area contributed by atoms with Crippen LogP contribution in [-0.4, -0.2) is 16.8 Å². The highest BCUT2D eigenvalue weighted by atomic mass is 79.9. The maximum absolute atomic E-state index is 5.66. The SMILES string of the molecule is CCCCOc1ccc(-c2nnc(CCl)o2)cc1Br. The van der Waals surface area contributed by atoms with Gasteiger partial charge in [0.1, 0.15) is 11.6 Å². The number of aromatic nitrogens is 2. The van der Waals surface area contributed by atoms with Crippen LogP contribution in [0.15, 0.2) is 27.1 Å². The molecule has 0 atom stereocenters. The molecule has 0 aliphatic carbocycles. The van der Waals surface area contributed by atoms with E-state index in [0.29, 0.717) is 18.4 Å². The van der Waals surface area contributed by atoms with E-state index in [-0.39, 0.29) is 5.88 Å². The van der Waals surface area contributed by atoms with Gasteiger partial charge in [-0.3, -0.25) is 0 Å². The van der Waals surface area contributed by atoms with E-state index in [1.807, 2.05) is 18.2 Å². The third-order valence-corrected chi connectivity index (χ3v) is 3.36. The Labute approximate surface area is 125 Å². The number of benzene rings is 1. The second kappa shape index (κ2) is 6.91. The average molecular weight is 346 g/mol. The molecule has 0 bridgehead atoms. The van der Waals surface area contributed by atoms with Crippen molar-refractivity contribution in [2.24, 2.45) is 0 Å². The summed E-state index contributed by atoms with van der Waals surface area (Å²) in [5, 5.41) is 7.77. The van der Waals surface area contributed by atoms with E-state index in [2.05, 4.69) is 33.1 Å². The molecular formula is C13H14BrClN2O2. The Morgan fingerprint density at radius 2 is 2.21 bits per heavy atom. The molecule has 0 fully saturated rings. The van der Waals surface area contributed by atoms with Crippen molar-refractivity contribution in [1.29, 1.82) is 0 Å². The molecule has 0 radical (unpaired) electrons. The van der Waals surface area contributed by atoms with Gasteiger partial charge in [-0.05, 0) is 40.5 Å². The zero-order valence-electron chi connectivity index (χ0n) is 10.5. The third kappa shape index (κ3) is 3.70. The van der Waals surface area contributed by atoms with Gasteiger partial charge >= 0.3 is 0 Å². The number of unbranched alkanes of at least 4 members (excludes halogenated alkanes) is 1. The van der Waals surface area contributed by atoms with Crippen LogP contribution in [0.3, 0.4) is 0 Å². The summed E-state index contributed by atoms with van der Waals surface area (Å²) in [6, 6.07) is 5.67. The molecular weight excluding hydrogens is 332 g/mol. The normalized spacial score (nSPS) is 10.7. The van der Waals surface area contributed by atoms with Crippen LogP contribution in [0, 0.1) is 0 Å². The lowest BCUT2D eigenvalue weighted by atomic mass is 10.2. The summed E-state index contributed by atoms with van der Waals surface area (Å²) in [5.74, 6) is 1.90. The van der Waals surface area contributed by atoms with Crippen molar-refractivity contribution in [1.82, 2.24) is 10.2 Å². The van der Waals surface area contributed by atoms with Crippen LogP contribution in [0.2, 0.25) is 0 Å². The Hall–Kier alpha value is -1.07. The first-order chi connectivity index (χ1) is 9.24. The second-order valence-corrected chi connectivity index (χ2v) is 5.10. The van der Waals surface area contributed by atoms with Crippen LogP contribution in [0.5, 0.6) is 5.75 Å². The van der Waals surface area contributed by atoms with E-state index < -0.39 is 0 Å². The number of nitrogens with zero attached hydrogens (tertiary/aromatic N) is 2. The van der Waals surface area contributed by atoms with Gasteiger partial charge < -0.3 is 9.15 Å². The lowest BCUT2D eigenvalue weighted by Crippen LogP contribution is -1.97. The van der Waals surface area contributed by atoms with Crippen molar-refractivity contribution < 1.29 is 9.15 Å². The van der Waals surface area contributed by atoms with Gasteiger partial charge in [0, 0.05) is 5.56 Å². The summed E-state index contributed by atoms with van der Waals surface area (Å²) < 4.78 is 11.9. The van der Waals surface area contributed by atoms with Gasteiger partial charge in [0.25, 0.3) is 0 Å². The minimum atomic E-state index is 0.215. The fourth-order valence-electron chi connectivity index (χ4n) is 1.50. The van der Waals surface area contributed by atoms with Crippen LogP contribution in [0.4, 0.5) is 0 Å². The zero-order valence-corrected chi connectivity index (χ0v) is 12.9. The Balaban J connectivity index is 2.13. The van der Waals surface area contributed by atoms with Crippen LogP contribution >= 0.6 is 27.5 Å². The number of hydrogen-bond acceptors (Lipinski definition) is 4.